The van der Waals surface area contributed by atoms with E-state index in [4.69, 9.17) is 21.2 Å². The molecule has 0 bridgehead atoms. The summed E-state index contributed by atoms with van der Waals surface area (Å²) in [6.45, 7) is 0.474. The lowest BCUT2D eigenvalue weighted by molar-refractivity contribution is 0.0639. The maximum absolute atomic E-state index is 11.6. The SMILES string of the molecule is CS(=O)(=O)c1ccc2nnn(OCCOc3cccc(Cl)c3)c2c1. The molecular formula is C15H14ClN3O4S. The van der Waals surface area contributed by atoms with Crippen LogP contribution in [0.5, 0.6) is 5.75 Å². The fraction of sp³-hybridized carbons (Fsp3) is 0.200. The summed E-state index contributed by atoms with van der Waals surface area (Å²) in [6.07, 6.45) is 1.14. The van der Waals surface area contributed by atoms with E-state index in [0.29, 0.717) is 21.8 Å². The topological polar surface area (TPSA) is 83.3 Å². The molecular weight excluding hydrogens is 354 g/mol. The molecule has 3 aromatic rings. The van der Waals surface area contributed by atoms with Crippen molar-refractivity contribution in [2.75, 3.05) is 19.5 Å². The molecule has 1 heterocycles. The number of rotatable bonds is 6. The molecule has 0 fully saturated rings. The van der Waals surface area contributed by atoms with Crippen LogP contribution in [-0.4, -0.2) is 43.0 Å². The quantitative estimate of drug-likeness (QED) is 0.619. The predicted octanol–water partition coefficient (Wildman–Crippen LogP) is 2.00. The standard InChI is InChI=1S/C15H14ClN3O4S/c1-24(20,21)13-5-6-14-15(10-13)19(18-17-14)23-8-7-22-12-4-2-3-11(16)9-12/h2-6,9-10H,7-8H2,1H3. The second kappa shape index (κ2) is 6.66. The van der Waals surface area contributed by atoms with E-state index in [9.17, 15) is 8.42 Å². The monoisotopic (exact) mass is 367 g/mol. The van der Waals surface area contributed by atoms with Crippen LogP contribution < -0.4 is 9.57 Å². The van der Waals surface area contributed by atoms with E-state index in [2.05, 4.69) is 10.3 Å². The summed E-state index contributed by atoms with van der Waals surface area (Å²) in [6, 6.07) is 11.6. The highest BCUT2D eigenvalue weighted by atomic mass is 35.5. The molecule has 0 saturated heterocycles. The lowest BCUT2D eigenvalue weighted by atomic mass is 10.3. The minimum atomic E-state index is -3.32. The molecule has 0 aliphatic heterocycles. The van der Waals surface area contributed by atoms with E-state index in [1.165, 1.54) is 17.0 Å². The van der Waals surface area contributed by atoms with Crippen molar-refractivity contribution in [2.45, 2.75) is 4.90 Å². The van der Waals surface area contributed by atoms with Crippen LogP contribution in [0.25, 0.3) is 11.0 Å². The minimum Gasteiger partial charge on any atom is -0.490 e. The summed E-state index contributed by atoms with van der Waals surface area (Å²) in [5.74, 6) is 0.633. The second-order valence-corrected chi connectivity index (χ2v) is 7.48. The molecule has 24 heavy (non-hydrogen) atoms. The van der Waals surface area contributed by atoms with Gasteiger partial charge < -0.3 is 9.57 Å². The van der Waals surface area contributed by atoms with Gasteiger partial charge in [-0.05, 0) is 41.6 Å². The van der Waals surface area contributed by atoms with Crippen LogP contribution in [0, 0.1) is 0 Å². The number of fused-ring (bicyclic) bond motifs is 1. The van der Waals surface area contributed by atoms with Crippen molar-refractivity contribution in [1.29, 1.82) is 0 Å². The average Bonchev–Trinajstić information content (AvgIpc) is 2.93. The fourth-order valence-corrected chi connectivity index (χ4v) is 2.87. The Kier molecular flexibility index (Phi) is 4.59. The van der Waals surface area contributed by atoms with E-state index >= 15 is 0 Å². The number of ether oxygens (including phenoxy) is 1. The average molecular weight is 368 g/mol. The van der Waals surface area contributed by atoms with Gasteiger partial charge in [-0.2, -0.15) is 0 Å². The van der Waals surface area contributed by atoms with Crippen molar-refractivity contribution < 1.29 is 18.0 Å². The van der Waals surface area contributed by atoms with Crippen molar-refractivity contribution >= 4 is 32.5 Å². The van der Waals surface area contributed by atoms with Crippen LogP contribution in [0.4, 0.5) is 0 Å². The lowest BCUT2D eigenvalue weighted by Gasteiger charge is -2.08. The normalized spacial score (nSPS) is 11.6. The maximum Gasteiger partial charge on any atom is 0.175 e. The van der Waals surface area contributed by atoms with E-state index in [0.717, 1.165) is 6.26 Å². The van der Waals surface area contributed by atoms with Crippen molar-refractivity contribution in [3.05, 3.63) is 47.5 Å². The summed E-state index contributed by atoms with van der Waals surface area (Å²) in [7, 11) is -3.32. The van der Waals surface area contributed by atoms with Gasteiger partial charge in [-0.3, -0.25) is 0 Å². The Bertz CT molecular complexity index is 972. The predicted molar refractivity (Wildman–Crippen MR) is 89.0 cm³/mol. The molecule has 2 aromatic carbocycles. The molecule has 0 unspecified atom stereocenters. The summed E-state index contributed by atoms with van der Waals surface area (Å²) in [5.41, 5.74) is 1.01. The highest BCUT2D eigenvalue weighted by Crippen LogP contribution is 2.18. The summed E-state index contributed by atoms with van der Waals surface area (Å²) in [5, 5.41) is 8.36. The molecule has 0 aliphatic rings. The molecule has 0 saturated carbocycles. The van der Waals surface area contributed by atoms with Crippen molar-refractivity contribution in [2.24, 2.45) is 0 Å². The third-order valence-corrected chi connectivity index (χ3v) is 4.52. The fourth-order valence-electron chi connectivity index (χ4n) is 2.04. The van der Waals surface area contributed by atoms with Crippen LogP contribution in [0.15, 0.2) is 47.4 Å². The Labute approximate surface area is 143 Å². The van der Waals surface area contributed by atoms with Crippen LogP contribution in [0.2, 0.25) is 5.02 Å². The maximum atomic E-state index is 11.6. The zero-order valence-corrected chi connectivity index (χ0v) is 14.3. The Balaban J connectivity index is 1.67. The smallest absolute Gasteiger partial charge is 0.175 e. The van der Waals surface area contributed by atoms with Gasteiger partial charge in [0.05, 0.1) is 4.90 Å². The number of sulfone groups is 1. The first-order valence-corrected chi connectivity index (χ1v) is 9.27. The minimum absolute atomic E-state index is 0.178. The molecule has 9 heteroatoms. The Morgan fingerprint density at radius 2 is 2.00 bits per heavy atom. The van der Waals surface area contributed by atoms with Gasteiger partial charge in [0.25, 0.3) is 0 Å². The molecule has 7 nitrogen and oxygen atoms in total. The molecule has 126 valence electrons. The largest absolute Gasteiger partial charge is 0.490 e. The van der Waals surface area contributed by atoms with Gasteiger partial charge >= 0.3 is 0 Å². The van der Waals surface area contributed by atoms with Crippen LogP contribution in [-0.2, 0) is 9.84 Å². The highest BCUT2D eigenvalue weighted by molar-refractivity contribution is 7.90. The number of aromatic nitrogens is 3. The van der Waals surface area contributed by atoms with E-state index in [1.54, 1.807) is 30.3 Å². The Morgan fingerprint density at radius 3 is 2.75 bits per heavy atom. The first kappa shape index (κ1) is 16.5. The molecule has 0 atom stereocenters. The van der Waals surface area contributed by atoms with E-state index in [-0.39, 0.29) is 18.1 Å². The van der Waals surface area contributed by atoms with Crippen LogP contribution >= 0.6 is 11.6 Å². The van der Waals surface area contributed by atoms with Crippen molar-refractivity contribution in [1.82, 2.24) is 15.2 Å². The third-order valence-electron chi connectivity index (χ3n) is 3.18. The summed E-state index contributed by atoms with van der Waals surface area (Å²) >= 11 is 5.87. The van der Waals surface area contributed by atoms with Gasteiger partial charge in [0.1, 0.15) is 23.4 Å². The van der Waals surface area contributed by atoms with Gasteiger partial charge in [-0.25, -0.2) is 8.42 Å². The van der Waals surface area contributed by atoms with E-state index in [1.807, 2.05) is 0 Å². The van der Waals surface area contributed by atoms with Gasteiger partial charge in [0, 0.05) is 11.3 Å². The second-order valence-electron chi connectivity index (χ2n) is 5.02. The zero-order valence-electron chi connectivity index (χ0n) is 12.7. The van der Waals surface area contributed by atoms with Gasteiger partial charge in [0.15, 0.2) is 16.4 Å². The molecule has 3 rings (SSSR count). The first-order valence-electron chi connectivity index (χ1n) is 7.01. The summed E-state index contributed by atoms with van der Waals surface area (Å²) in [4.78, 5) is 6.83. The van der Waals surface area contributed by atoms with Crippen LogP contribution in [0.1, 0.15) is 0 Å². The van der Waals surface area contributed by atoms with Gasteiger partial charge in [0.2, 0.25) is 0 Å². The molecule has 0 radical (unpaired) electrons. The Morgan fingerprint density at radius 1 is 1.17 bits per heavy atom. The van der Waals surface area contributed by atoms with Gasteiger partial charge in [-0.15, -0.1) is 5.10 Å². The van der Waals surface area contributed by atoms with Gasteiger partial charge in [-0.1, -0.05) is 22.5 Å². The van der Waals surface area contributed by atoms with Crippen molar-refractivity contribution in [3.8, 4) is 5.75 Å². The molecule has 1 aromatic heterocycles. The number of hydrogen-bond acceptors (Lipinski definition) is 6. The highest BCUT2D eigenvalue weighted by Gasteiger charge is 2.12. The first-order chi connectivity index (χ1) is 11.4. The molecule has 0 amide bonds. The van der Waals surface area contributed by atoms with E-state index < -0.39 is 9.84 Å². The third kappa shape index (κ3) is 3.77. The lowest BCUT2D eigenvalue weighted by Crippen LogP contribution is -2.19. The zero-order chi connectivity index (χ0) is 17.2. The van der Waals surface area contributed by atoms with Crippen molar-refractivity contribution in [3.63, 3.8) is 0 Å². The Hall–Kier alpha value is -2.32. The number of nitrogens with zero attached hydrogens (tertiary/aromatic N) is 3. The number of benzene rings is 2. The number of halogens is 1. The summed E-state index contributed by atoms with van der Waals surface area (Å²) < 4.78 is 28.8. The molecule has 0 spiro atoms. The molecule has 0 aliphatic carbocycles. The van der Waals surface area contributed by atoms with Crippen LogP contribution in [0.3, 0.4) is 0 Å². The molecule has 0 N–H and O–H groups in total. The number of hydrogen-bond donors (Lipinski definition) is 0.